The summed E-state index contributed by atoms with van der Waals surface area (Å²) in [5, 5.41) is 8.93. The van der Waals surface area contributed by atoms with E-state index in [0.717, 1.165) is 9.13 Å². The van der Waals surface area contributed by atoms with Gasteiger partial charge in [-0.25, -0.2) is 9.79 Å². The molecular formula is C12H14IN3O3. The predicted molar refractivity (Wildman–Crippen MR) is 79.2 cm³/mol. The van der Waals surface area contributed by atoms with Gasteiger partial charge in [-0.05, 0) is 34.7 Å². The summed E-state index contributed by atoms with van der Waals surface area (Å²) < 4.78 is 6.51. The summed E-state index contributed by atoms with van der Waals surface area (Å²) in [6.45, 7) is 0.908. The van der Waals surface area contributed by atoms with Gasteiger partial charge in [0.15, 0.2) is 6.23 Å². The van der Waals surface area contributed by atoms with E-state index in [4.69, 9.17) is 15.6 Å². The van der Waals surface area contributed by atoms with Crippen molar-refractivity contribution in [2.45, 2.75) is 6.23 Å². The molecule has 6 nitrogen and oxygen atoms in total. The highest BCUT2D eigenvalue weighted by Gasteiger charge is 2.23. The van der Waals surface area contributed by atoms with Gasteiger partial charge in [-0.1, -0.05) is 12.1 Å². The lowest BCUT2D eigenvalue weighted by molar-refractivity contribution is -0.0168. The predicted octanol–water partition coefficient (Wildman–Crippen LogP) is 1.33. The minimum absolute atomic E-state index is 0.209. The first-order chi connectivity index (χ1) is 9.06. The van der Waals surface area contributed by atoms with Crippen LogP contribution in [0.4, 0.5) is 4.79 Å². The lowest BCUT2D eigenvalue weighted by atomic mass is 10.2. The zero-order valence-corrected chi connectivity index (χ0v) is 12.3. The van der Waals surface area contributed by atoms with Crippen molar-refractivity contribution in [2.75, 3.05) is 19.7 Å². The normalized spacial score (nSPS) is 20.4. The second kappa shape index (κ2) is 6.20. The molecule has 1 fully saturated rings. The van der Waals surface area contributed by atoms with Crippen molar-refractivity contribution in [1.82, 2.24) is 4.90 Å². The molecule has 0 radical (unpaired) electrons. The number of benzene rings is 1. The van der Waals surface area contributed by atoms with Gasteiger partial charge < -0.3 is 20.5 Å². The van der Waals surface area contributed by atoms with Gasteiger partial charge >= 0.3 is 6.09 Å². The number of amides is 1. The van der Waals surface area contributed by atoms with Gasteiger partial charge in [-0.15, -0.1) is 0 Å². The molecule has 1 aliphatic heterocycles. The Morgan fingerprint density at radius 2 is 2.16 bits per heavy atom. The molecule has 7 heteroatoms. The Bertz CT molecular complexity index is 489. The highest BCUT2D eigenvalue weighted by molar-refractivity contribution is 14.1. The molecule has 1 aromatic rings. The molecule has 1 saturated heterocycles. The van der Waals surface area contributed by atoms with Crippen molar-refractivity contribution < 1.29 is 14.6 Å². The van der Waals surface area contributed by atoms with Crippen molar-refractivity contribution in [3.63, 3.8) is 0 Å². The Morgan fingerprint density at radius 1 is 1.47 bits per heavy atom. The maximum Gasteiger partial charge on any atom is 0.407 e. The number of carboxylic acid groups (broad SMARTS) is 1. The largest absolute Gasteiger partial charge is 0.465 e. The van der Waals surface area contributed by atoms with Crippen molar-refractivity contribution in [1.29, 1.82) is 0 Å². The van der Waals surface area contributed by atoms with Crippen LogP contribution < -0.4 is 5.73 Å². The molecule has 0 aromatic heterocycles. The van der Waals surface area contributed by atoms with Crippen LogP contribution in [0.1, 0.15) is 5.56 Å². The molecule has 1 heterocycles. The average Bonchev–Trinajstić information content (AvgIpc) is 2.39. The standard InChI is InChI=1S/C12H14IN3O3/c13-9-3-1-8(2-4-9)11(14)15-10-7-16(12(17)18)5-6-19-10/h1-4,10H,5-7H2,(H2,14,15)(H,17,18). The molecule has 0 saturated carbocycles. The van der Waals surface area contributed by atoms with Gasteiger partial charge in [0.2, 0.25) is 0 Å². The number of ether oxygens (including phenoxy) is 1. The molecule has 3 N–H and O–H groups in total. The van der Waals surface area contributed by atoms with Crippen LogP contribution in [0.3, 0.4) is 0 Å². The van der Waals surface area contributed by atoms with Crippen molar-refractivity contribution in [3.8, 4) is 0 Å². The number of halogens is 1. The smallest absolute Gasteiger partial charge is 0.407 e. The third-order valence-electron chi connectivity index (χ3n) is 2.74. The number of rotatable bonds is 2. The topological polar surface area (TPSA) is 88.2 Å². The van der Waals surface area contributed by atoms with Crippen molar-refractivity contribution in [2.24, 2.45) is 10.7 Å². The Morgan fingerprint density at radius 3 is 2.79 bits per heavy atom. The highest BCUT2D eigenvalue weighted by atomic mass is 127. The van der Waals surface area contributed by atoms with E-state index in [9.17, 15) is 4.79 Å². The maximum absolute atomic E-state index is 10.9. The van der Waals surface area contributed by atoms with Crippen molar-refractivity contribution >= 4 is 34.5 Å². The van der Waals surface area contributed by atoms with Crippen LogP contribution in [0.15, 0.2) is 29.3 Å². The fraction of sp³-hybridized carbons (Fsp3) is 0.333. The molecule has 0 aliphatic carbocycles. The molecule has 0 spiro atoms. The second-order valence-corrected chi connectivity index (χ2v) is 5.32. The molecule has 1 unspecified atom stereocenters. The number of aliphatic imine (C=N–C) groups is 1. The number of nitrogens with two attached hydrogens (primary N) is 1. The summed E-state index contributed by atoms with van der Waals surface area (Å²) >= 11 is 2.21. The van der Waals surface area contributed by atoms with E-state index in [-0.39, 0.29) is 6.54 Å². The van der Waals surface area contributed by atoms with Crippen LogP contribution in [0.2, 0.25) is 0 Å². The lowest BCUT2D eigenvalue weighted by Crippen LogP contribution is -2.44. The Kier molecular flexibility index (Phi) is 4.59. The van der Waals surface area contributed by atoms with Crippen molar-refractivity contribution in [3.05, 3.63) is 33.4 Å². The summed E-state index contributed by atoms with van der Waals surface area (Å²) in [5.74, 6) is 0.355. The summed E-state index contributed by atoms with van der Waals surface area (Å²) in [7, 11) is 0. The van der Waals surface area contributed by atoms with Crippen LogP contribution in [0.25, 0.3) is 0 Å². The van der Waals surface area contributed by atoms with Crippen LogP contribution in [0.5, 0.6) is 0 Å². The Labute approximate surface area is 124 Å². The fourth-order valence-corrected chi connectivity index (χ4v) is 2.09. The first kappa shape index (κ1) is 14.1. The summed E-state index contributed by atoms with van der Waals surface area (Å²) in [6, 6.07) is 7.61. The van der Waals surface area contributed by atoms with E-state index in [2.05, 4.69) is 27.6 Å². The van der Waals surface area contributed by atoms with Gasteiger partial charge in [0.1, 0.15) is 5.84 Å². The summed E-state index contributed by atoms with van der Waals surface area (Å²) in [6.07, 6.45) is -1.50. The average molecular weight is 375 g/mol. The molecule has 19 heavy (non-hydrogen) atoms. The number of nitrogens with zero attached hydrogens (tertiary/aromatic N) is 2. The first-order valence-corrected chi connectivity index (χ1v) is 6.83. The zero-order chi connectivity index (χ0) is 13.8. The molecule has 2 rings (SSSR count). The zero-order valence-electron chi connectivity index (χ0n) is 10.1. The second-order valence-electron chi connectivity index (χ2n) is 4.08. The molecular weight excluding hydrogens is 361 g/mol. The third-order valence-corrected chi connectivity index (χ3v) is 3.46. The molecule has 1 amide bonds. The summed E-state index contributed by atoms with van der Waals surface area (Å²) in [5.41, 5.74) is 6.70. The van der Waals surface area contributed by atoms with Gasteiger partial charge in [0.25, 0.3) is 0 Å². The molecule has 1 aliphatic rings. The minimum Gasteiger partial charge on any atom is -0.465 e. The molecule has 1 atom stereocenters. The van der Waals surface area contributed by atoms with Gasteiger partial charge in [0.05, 0.1) is 13.2 Å². The Hall–Kier alpha value is -1.35. The van der Waals surface area contributed by atoms with Crippen LogP contribution >= 0.6 is 22.6 Å². The van der Waals surface area contributed by atoms with E-state index in [0.29, 0.717) is 19.0 Å². The van der Waals surface area contributed by atoms with E-state index in [1.165, 1.54) is 4.90 Å². The van der Waals surface area contributed by atoms with E-state index in [1.54, 1.807) is 0 Å². The molecule has 0 bridgehead atoms. The van der Waals surface area contributed by atoms with E-state index < -0.39 is 12.3 Å². The number of amidine groups is 1. The SMILES string of the molecule is N/C(=N\C1CN(C(=O)O)CCO1)c1ccc(I)cc1. The van der Waals surface area contributed by atoms with Gasteiger partial charge in [-0.2, -0.15) is 0 Å². The number of hydrogen-bond acceptors (Lipinski definition) is 3. The monoisotopic (exact) mass is 375 g/mol. The maximum atomic E-state index is 10.9. The van der Waals surface area contributed by atoms with E-state index >= 15 is 0 Å². The van der Waals surface area contributed by atoms with Gasteiger partial charge in [-0.3, -0.25) is 0 Å². The number of hydrogen-bond donors (Lipinski definition) is 2. The molecule has 1 aromatic carbocycles. The molecule has 102 valence electrons. The quantitative estimate of drug-likeness (QED) is 0.464. The van der Waals surface area contributed by atoms with Crippen LogP contribution in [-0.2, 0) is 4.74 Å². The lowest BCUT2D eigenvalue weighted by Gasteiger charge is -2.28. The highest BCUT2D eigenvalue weighted by Crippen LogP contribution is 2.10. The summed E-state index contributed by atoms with van der Waals surface area (Å²) in [4.78, 5) is 16.4. The van der Waals surface area contributed by atoms with Gasteiger partial charge in [0, 0.05) is 15.7 Å². The third kappa shape index (κ3) is 3.80. The van der Waals surface area contributed by atoms with E-state index in [1.807, 2.05) is 24.3 Å². The number of morpholine rings is 1. The van der Waals surface area contributed by atoms with Crippen LogP contribution in [0, 0.1) is 3.57 Å². The first-order valence-electron chi connectivity index (χ1n) is 5.75. The Balaban J connectivity index is 2.07. The number of carbonyl (C=O) groups is 1. The minimum atomic E-state index is -0.962. The van der Waals surface area contributed by atoms with Crippen LogP contribution in [-0.4, -0.2) is 47.9 Å². The fourth-order valence-electron chi connectivity index (χ4n) is 1.73.